The van der Waals surface area contributed by atoms with Gasteiger partial charge in [-0.05, 0) is 19.4 Å². The van der Waals surface area contributed by atoms with E-state index in [2.05, 4.69) is 0 Å². The number of anilines is 1. The first-order valence-electron chi connectivity index (χ1n) is 6.34. The third kappa shape index (κ3) is 4.38. The Hall–Kier alpha value is -1.82. The molecule has 0 saturated carbocycles. The Bertz CT molecular complexity index is 493. The second kappa shape index (κ2) is 7.69. The molecule has 1 aromatic rings. The van der Waals surface area contributed by atoms with E-state index in [0.717, 1.165) is 6.42 Å². The fraction of sp³-hybridized carbons (Fsp3) is 0.462. The third-order valence-electron chi connectivity index (χ3n) is 2.60. The van der Waals surface area contributed by atoms with E-state index in [-0.39, 0.29) is 23.2 Å². The van der Waals surface area contributed by atoms with Crippen molar-refractivity contribution in [2.24, 2.45) is 0 Å². The van der Waals surface area contributed by atoms with Crippen molar-refractivity contribution >= 4 is 28.9 Å². The molecule has 0 amide bonds. The number of halogens is 1. The van der Waals surface area contributed by atoms with E-state index in [1.807, 2.05) is 6.92 Å². The lowest BCUT2D eigenvalue weighted by atomic mass is 10.2. The Kier molecular flexibility index (Phi) is 6.24. The summed E-state index contributed by atoms with van der Waals surface area (Å²) in [6, 6.07) is 4.20. The lowest BCUT2D eigenvalue weighted by Gasteiger charge is -2.24. The van der Waals surface area contributed by atoms with E-state index in [1.54, 1.807) is 17.9 Å². The van der Waals surface area contributed by atoms with Gasteiger partial charge in [-0.15, -0.1) is 0 Å². The molecule has 0 fully saturated rings. The standard InChI is InChI=1S/C13H17ClN2O4/c1-3-7-15(9-13(17)20-4-2)12-6-5-10(16(18)19)8-11(12)14/h5-6,8H,3-4,7,9H2,1-2H3. The van der Waals surface area contributed by atoms with Gasteiger partial charge >= 0.3 is 5.97 Å². The highest BCUT2D eigenvalue weighted by Crippen LogP contribution is 2.29. The van der Waals surface area contributed by atoms with Crippen molar-refractivity contribution in [3.63, 3.8) is 0 Å². The van der Waals surface area contributed by atoms with Crippen LogP contribution in [0, 0.1) is 10.1 Å². The smallest absolute Gasteiger partial charge is 0.325 e. The topological polar surface area (TPSA) is 72.7 Å². The predicted molar refractivity (Wildman–Crippen MR) is 77.2 cm³/mol. The predicted octanol–water partition coefficient (Wildman–Crippen LogP) is 3.03. The van der Waals surface area contributed by atoms with Crippen LogP contribution in [0.5, 0.6) is 0 Å². The monoisotopic (exact) mass is 300 g/mol. The third-order valence-corrected chi connectivity index (χ3v) is 2.90. The zero-order chi connectivity index (χ0) is 15.1. The molecule has 0 unspecified atom stereocenters. The van der Waals surface area contributed by atoms with Crippen LogP contribution in [0.15, 0.2) is 18.2 Å². The van der Waals surface area contributed by atoms with Crippen LogP contribution in [-0.2, 0) is 9.53 Å². The zero-order valence-corrected chi connectivity index (χ0v) is 12.2. The summed E-state index contributed by atoms with van der Waals surface area (Å²) in [6.07, 6.45) is 0.812. The molecule has 20 heavy (non-hydrogen) atoms. The molecule has 110 valence electrons. The van der Waals surface area contributed by atoms with Gasteiger partial charge in [0, 0.05) is 18.7 Å². The molecule has 7 heteroatoms. The van der Waals surface area contributed by atoms with Gasteiger partial charge in [0.1, 0.15) is 6.54 Å². The van der Waals surface area contributed by atoms with Crippen molar-refractivity contribution in [2.75, 3.05) is 24.6 Å². The minimum absolute atomic E-state index is 0.0687. The number of hydrogen-bond acceptors (Lipinski definition) is 5. The van der Waals surface area contributed by atoms with Gasteiger partial charge < -0.3 is 9.64 Å². The maximum Gasteiger partial charge on any atom is 0.325 e. The Labute approximate surface area is 122 Å². The summed E-state index contributed by atoms with van der Waals surface area (Å²) in [4.78, 5) is 23.5. The molecule has 1 rings (SSSR count). The summed E-state index contributed by atoms with van der Waals surface area (Å²) in [5.74, 6) is -0.352. The van der Waals surface area contributed by atoms with Crippen molar-refractivity contribution in [3.8, 4) is 0 Å². The van der Waals surface area contributed by atoms with E-state index in [0.29, 0.717) is 18.8 Å². The number of benzene rings is 1. The molecular weight excluding hydrogens is 284 g/mol. The summed E-state index contributed by atoms with van der Waals surface area (Å²) in [7, 11) is 0. The van der Waals surface area contributed by atoms with Crippen LogP contribution in [0.25, 0.3) is 0 Å². The average molecular weight is 301 g/mol. The van der Waals surface area contributed by atoms with Crippen molar-refractivity contribution < 1.29 is 14.5 Å². The number of rotatable bonds is 7. The second-order valence-corrected chi connectivity index (χ2v) is 4.53. The van der Waals surface area contributed by atoms with E-state index in [4.69, 9.17) is 16.3 Å². The number of ether oxygens (including phenoxy) is 1. The first-order chi connectivity index (χ1) is 9.49. The molecular formula is C13H17ClN2O4. The molecule has 0 aliphatic rings. The number of esters is 1. The first-order valence-corrected chi connectivity index (χ1v) is 6.71. The number of non-ortho nitro benzene ring substituents is 1. The molecule has 0 spiro atoms. The van der Waals surface area contributed by atoms with Crippen LogP contribution in [0.3, 0.4) is 0 Å². The molecule has 0 N–H and O–H groups in total. The Morgan fingerprint density at radius 2 is 2.15 bits per heavy atom. The summed E-state index contributed by atoms with van der Waals surface area (Å²) < 4.78 is 4.91. The molecule has 6 nitrogen and oxygen atoms in total. The van der Waals surface area contributed by atoms with Crippen molar-refractivity contribution in [1.82, 2.24) is 0 Å². The van der Waals surface area contributed by atoms with Crippen molar-refractivity contribution in [1.29, 1.82) is 0 Å². The molecule has 0 saturated heterocycles. The highest BCUT2D eigenvalue weighted by Gasteiger charge is 2.17. The van der Waals surface area contributed by atoms with Crippen LogP contribution in [0.2, 0.25) is 5.02 Å². The van der Waals surface area contributed by atoms with Gasteiger partial charge in [0.2, 0.25) is 0 Å². The van der Waals surface area contributed by atoms with Crippen LogP contribution in [0.1, 0.15) is 20.3 Å². The number of nitro groups is 1. The molecule has 1 aromatic carbocycles. The molecule has 0 aliphatic heterocycles. The normalized spacial score (nSPS) is 10.2. The summed E-state index contributed by atoms with van der Waals surface area (Å²) >= 11 is 6.07. The maximum atomic E-state index is 11.6. The van der Waals surface area contributed by atoms with Gasteiger partial charge in [0.15, 0.2) is 0 Å². The summed E-state index contributed by atoms with van der Waals surface area (Å²) in [6.45, 7) is 4.70. The minimum Gasteiger partial charge on any atom is -0.465 e. The average Bonchev–Trinajstić information content (AvgIpc) is 2.38. The summed E-state index contributed by atoms with van der Waals surface area (Å²) in [5.41, 5.74) is 0.513. The fourth-order valence-corrected chi connectivity index (χ4v) is 2.08. The van der Waals surface area contributed by atoms with E-state index in [9.17, 15) is 14.9 Å². The van der Waals surface area contributed by atoms with E-state index < -0.39 is 4.92 Å². The van der Waals surface area contributed by atoms with Gasteiger partial charge in [-0.3, -0.25) is 14.9 Å². The molecule has 0 heterocycles. The van der Waals surface area contributed by atoms with Gasteiger partial charge in [0.05, 0.1) is 22.2 Å². The number of carbonyl (C=O) groups excluding carboxylic acids is 1. The fourth-order valence-electron chi connectivity index (χ4n) is 1.78. The van der Waals surface area contributed by atoms with Crippen molar-refractivity contribution in [2.45, 2.75) is 20.3 Å². The van der Waals surface area contributed by atoms with Crippen LogP contribution >= 0.6 is 11.6 Å². The highest BCUT2D eigenvalue weighted by atomic mass is 35.5. The molecule has 0 aromatic heterocycles. The van der Waals surface area contributed by atoms with Gasteiger partial charge in [0.25, 0.3) is 5.69 Å². The zero-order valence-electron chi connectivity index (χ0n) is 11.5. The Morgan fingerprint density at radius 3 is 2.65 bits per heavy atom. The van der Waals surface area contributed by atoms with Gasteiger partial charge in [-0.2, -0.15) is 0 Å². The maximum absolute atomic E-state index is 11.6. The Balaban J connectivity index is 2.96. The van der Waals surface area contributed by atoms with E-state index >= 15 is 0 Å². The number of carbonyl (C=O) groups is 1. The van der Waals surface area contributed by atoms with Crippen LogP contribution in [-0.4, -0.2) is 30.6 Å². The van der Waals surface area contributed by atoms with Crippen LogP contribution in [0.4, 0.5) is 11.4 Å². The molecule has 0 radical (unpaired) electrons. The highest BCUT2D eigenvalue weighted by molar-refractivity contribution is 6.33. The summed E-state index contributed by atoms with van der Waals surface area (Å²) in [5, 5.41) is 10.9. The number of nitrogens with zero attached hydrogens (tertiary/aromatic N) is 2. The van der Waals surface area contributed by atoms with Gasteiger partial charge in [-0.25, -0.2) is 0 Å². The first kappa shape index (κ1) is 16.2. The van der Waals surface area contributed by atoms with Gasteiger partial charge in [-0.1, -0.05) is 18.5 Å². The molecule has 0 atom stereocenters. The quantitative estimate of drug-likeness (QED) is 0.439. The minimum atomic E-state index is -0.509. The van der Waals surface area contributed by atoms with Crippen LogP contribution < -0.4 is 4.90 Å². The largest absolute Gasteiger partial charge is 0.465 e. The second-order valence-electron chi connectivity index (χ2n) is 4.12. The SMILES string of the molecule is CCCN(CC(=O)OCC)c1ccc([N+](=O)[O-])cc1Cl. The number of nitro benzene ring substituents is 1. The molecule has 0 aliphatic carbocycles. The van der Waals surface area contributed by atoms with Crippen molar-refractivity contribution in [3.05, 3.63) is 33.3 Å². The lowest BCUT2D eigenvalue weighted by molar-refractivity contribution is -0.384. The molecule has 0 bridgehead atoms. The number of hydrogen-bond donors (Lipinski definition) is 0. The van der Waals surface area contributed by atoms with E-state index in [1.165, 1.54) is 12.1 Å². The Morgan fingerprint density at radius 1 is 1.45 bits per heavy atom. The lowest BCUT2D eigenvalue weighted by Crippen LogP contribution is -2.31.